The van der Waals surface area contributed by atoms with Gasteiger partial charge in [-0.3, -0.25) is 0 Å². The van der Waals surface area contributed by atoms with Crippen LogP contribution in [-0.4, -0.2) is 16.8 Å². The number of rotatable bonds is 2. The molecule has 0 aliphatic heterocycles. The first kappa shape index (κ1) is 9.30. The number of phenols is 1. The zero-order valence-corrected chi connectivity index (χ0v) is 6.94. The van der Waals surface area contributed by atoms with Crippen LogP contribution >= 0.6 is 0 Å². The fourth-order valence-electron chi connectivity index (χ4n) is 0.936. The second kappa shape index (κ2) is 4.29. The molecule has 0 spiro atoms. The molecule has 0 saturated carbocycles. The van der Waals surface area contributed by atoms with Gasteiger partial charge in [0, 0.05) is 0 Å². The van der Waals surface area contributed by atoms with Crippen molar-refractivity contribution in [3.8, 4) is 11.8 Å². The van der Waals surface area contributed by atoms with Crippen LogP contribution in [0.1, 0.15) is 11.1 Å². The van der Waals surface area contributed by atoms with Crippen LogP contribution in [0.2, 0.25) is 0 Å². The van der Waals surface area contributed by atoms with Crippen LogP contribution in [0.15, 0.2) is 24.3 Å². The smallest absolute Gasteiger partial charge is 0.133 e. The Morgan fingerprint density at radius 2 is 2.23 bits per heavy atom. The standard InChI is InChI=1S/C10H9NO2/c11-7-9-4-3-8(2-1-5-12)6-10(9)13/h1-4,6,12-13H,5H2. The first-order valence-corrected chi connectivity index (χ1v) is 3.78. The van der Waals surface area contributed by atoms with Crippen molar-refractivity contribution < 1.29 is 10.2 Å². The van der Waals surface area contributed by atoms with Crippen molar-refractivity contribution in [3.63, 3.8) is 0 Å². The molecule has 3 nitrogen and oxygen atoms in total. The van der Waals surface area contributed by atoms with Crippen LogP contribution in [0.3, 0.4) is 0 Å². The Labute approximate surface area is 76.2 Å². The van der Waals surface area contributed by atoms with E-state index in [1.54, 1.807) is 18.2 Å². The van der Waals surface area contributed by atoms with Crippen molar-refractivity contribution in [2.24, 2.45) is 0 Å². The van der Waals surface area contributed by atoms with E-state index in [-0.39, 0.29) is 17.9 Å². The van der Waals surface area contributed by atoms with Crippen LogP contribution in [-0.2, 0) is 0 Å². The molecule has 0 bridgehead atoms. The van der Waals surface area contributed by atoms with Crippen LogP contribution in [0, 0.1) is 11.3 Å². The van der Waals surface area contributed by atoms with Gasteiger partial charge in [-0.1, -0.05) is 18.2 Å². The topological polar surface area (TPSA) is 64.2 Å². The minimum atomic E-state index is -0.0409. The lowest BCUT2D eigenvalue weighted by molar-refractivity contribution is 0.343. The molecule has 0 aliphatic rings. The Kier molecular flexibility index (Phi) is 3.07. The van der Waals surface area contributed by atoms with Crippen LogP contribution in [0.5, 0.6) is 5.75 Å². The minimum absolute atomic E-state index is 0.0393. The lowest BCUT2D eigenvalue weighted by Gasteiger charge is -1.97. The summed E-state index contributed by atoms with van der Waals surface area (Å²) >= 11 is 0. The molecule has 0 radical (unpaired) electrons. The predicted octanol–water partition coefficient (Wildman–Crippen LogP) is 1.27. The monoisotopic (exact) mass is 175 g/mol. The number of phenolic OH excluding ortho intramolecular Hbond substituents is 1. The van der Waals surface area contributed by atoms with Crippen molar-refractivity contribution in [2.75, 3.05) is 6.61 Å². The van der Waals surface area contributed by atoms with Crippen molar-refractivity contribution in [3.05, 3.63) is 35.4 Å². The van der Waals surface area contributed by atoms with Crippen molar-refractivity contribution in [1.82, 2.24) is 0 Å². The van der Waals surface area contributed by atoms with E-state index in [0.29, 0.717) is 0 Å². The van der Waals surface area contributed by atoms with E-state index in [1.807, 2.05) is 6.07 Å². The molecule has 0 saturated heterocycles. The normalized spacial score (nSPS) is 10.2. The molecule has 0 fully saturated rings. The maximum absolute atomic E-state index is 9.27. The summed E-state index contributed by atoms with van der Waals surface area (Å²) < 4.78 is 0. The van der Waals surface area contributed by atoms with Crippen LogP contribution in [0.25, 0.3) is 6.08 Å². The first-order valence-electron chi connectivity index (χ1n) is 3.78. The summed E-state index contributed by atoms with van der Waals surface area (Å²) in [6.07, 6.45) is 3.22. The molecule has 13 heavy (non-hydrogen) atoms. The third-order valence-electron chi connectivity index (χ3n) is 1.56. The molecule has 0 heterocycles. The van der Waals surface area contributed by atoms with Gasteiger partial charge >= 0.3 is 0 Å². The number of nitrogens with zero attached hydrogens (tertiary/aromatic N) is 1. The van der Waals surface area contributed by atoms with Crippen LogP contribution in [0.4, 0.5) is 0 Å². The van der Waals surface area contributed by atoms with Gasteiger partial charge in [-0.15, -0.1) is 0 Å². The molecule has 66 valence electrons. The summed E-state index contributed by atoms with van der Waals surface area (Å²) in [7, 11) is 0. The highest BCUT2D eigenvalue weighted by molar-refractivity contribution is 5.55. The minimum Gasteiger partial charge on any atom is -0.507 e. The van der Waals surface area contributed by atoms with Crippen molar-refractivity contribution in [1.29, 1.82) is 5.26 Å². The summed E-state index contributed by atoms with van der Waals surface area (Å²) in [6.45, 7) is -0.0409. The van der Waals surface area contributed by atoms with Gasteiger partial charge < -0.3 is 10.2 Å². The van der Waals surface area contributed by atoms with Crippen LogP contribution < -0.4 is 0 Å². The molecular weight excluding hydrogens is 166 g/mol. The second-order valence-corrected chi connectivity index (χ2v) is 2.47. The molecule has 0 aliphatic carbocycles. The Morgan fingerprint density at radius 1 is 1.46 bits per heavy atom. The molecule has 1 rings (SSSR count). The molecule has 1 aromatic rings. The average molecular weight is 175 g/mol. The average Bonchev–Trinajstić information content (AvgIpc) is 2.15. The highest BCUT2D eigenvalue weighted by Crippen LogP contribution is 2.18. The molecule has 0 amide bonds. The molecule has 0 aromatic heterocycles. The van der Waals surface area contributed by atoms with Crippen molar-refractivity contribution >= 4 is 6.08 Å². The largest absolute Gasteiger partial charge is 0.507 e. The van der Waals surface area contributed by atoms with Gasteiger partial charge in [-0.2, -0.15) is 5.26 Å². The molecule has 3 heteroatoms. The first-order chi connectivity index (χ1) is 6.27. The van der Waals surface area contributed by atoms with E-state index >= 15 is 0 Å². The fraction of sp³-hybridized carbons (Fsp3) is 0.100. The SMILES string of the molecule is N#Cc1ccc(C=CCO)cc1O. The Hall–Kier alpha value is -1.79. The quantitative estimate of drug-likeness (QED) is 0.711. The van der Waals surface area contributed by atoms with Gasteiger partial charge in [0.1, 0.15) is 11.8 Å². The van der Waals surface area contributed by atoms with Crippen molar-refractivity contribution in [2.45, 2.75) is 0 Å². The molecule has 2 N–H and O–H groups in total. The fourth-order valence-corrected chi connectivity index (χ4v) is 0.936. The number of aliphatic hydroxyl groups excluding tert-OH is 1. The number of hydrogen-bond acceptors (Lipinski definition) is 3. The molecular formula is C10H9NO2. The zero-order chi connectivity index (χ0) is 9.68. The Balaban J connectivity index is 2.97. The van der Waals surface area contributed by atoms with E-state index in [9.17, 15) is 5.11 Å². The van der Waals surface area contributed by atoms with E-state index in [0.717, 1.165) is 5.56 Å². The molecule has 0 atom stereocenters. The molecule has 0 unspecified atom stereocenters. The summed E-state index contributed by atoms with van der Waals surface area (Å²) in [6, 6.07) is 6.56. The summed E-state index contributed by atoms with van der Waals surface area (Å²) in [5.41, 5.74) is 1.01. The maximum Gasteiger partial charge on any atom is 0.133 e. The highest BCUT2D eigenvalue weighted by Gasteiger charge is 1.98. The second-order valence-electron chi connectivity index (χ2n) is 2.47. The van der Waals surface area contributed by atoms with Gasteiger partial charge in [0.05, 0.1) is 12.2 Å². The number of benzene rings is 1. The van der Waals surface area contributed by atoms with Gasteiger partial charge in [0.25, 0.3) is 0 Å². The van der Waals surface area contributed by atoms with E-state index in [1.165, 1.54) is 12.1 Å². The van der Waals surface area contributed by atoms with E-state index in [2.05, 4.69) is 0 Å². The zero-order valence-electron chi connectivity index (χ0n) is 6.94. The third-order valence-corrected chi connectivity index (χ3v) is 1.56. The number of aliphatic hydroxyl groups is 1. The van der Waals surface area contributed by atoms with Gasteiger partial charge in [0.2, 0.25) is 0 Å². The maximum atomic E-state index is 9.27. The number of aromatic hydroxyl groups is 1. The highest BCUT2D eigenvalue weighted by atomic mass is 16.3. The van der Waals surface area contributed by atoms with Gasteiger partial charge in [-0.05, 0) is 17.7 Å². The Bertz CT molecular complexity index is 364. The summed E-state index contributed by atoms with van der Waals surface area (Å²) in [5, 5.41) is 26.3. The van der Waals surface area contributed by atoms with Gasteiger partial charge in [-0.25, -0.2) is 0 Å². The predicted molar refractivity (Wildman–Crippen MR) is 48.9 cm³/mol. The lowest BCUT2D eigenvalue weighted by Crippen LogP contribution is -1.79. The van der Waals surface area contributed by atoms with Gasteiger partial charge in [0.15, 0.2) is 0 Å². The third kappa shape index (κ3) is 2.32. The van der Waals surface area contributed by atoms with E-state index < -0.39 is 0 Å². The number of nitriles is 1. The Morgan fingerprint density at radius 3 is 2.77 bits per heavy atom. The summed E-state index contributed by atoms with van der Waals surface area (Å²) in [5.74, 6) is -0.0393. The lowest BCUT2D eigenvalue weighted by atomic mass is 10.1. The number of hydrogen-bond donors (Lipinski definition) is 2. The molecule has 1 aromatic carbocycles. The van der Waals surface area contributed by atoms with E-state index in [4.69, 9.17) is 10.4 Å². The summed E-state index contributed by atoms with van der Waals surface area (Å²) in [4.78, 5) is 0.